The Balaban J connectivity index is 1.85. The van der Waals surface area contributed by atoms with Gasteiger partial charge in [-0.05, 0) is 36.4 Å². The number of carbonyl (C=O) groups is 1. The highest BCUT2D eigenvalue weighted by molar-refractivity contribution is 6.68. The lowest BCUT2D eigenvalue weighted by atomic mass is 10.2. The minimum absolute atomic E-state index is 0.200. The van der Waals surface area contributed by atoms with Gasteiger partial charge in [-0.2, -0.15) is 0 Å². The number of para-hydroxylation sites is 1. The van der Waals surface area contributed by atoms with Crippen molar-refractivity contribution < 1.29 is 13.9 Å². The molecule has 1 heterocycles. The van der Waals surface area contributed by atoms with Crippen molar-refractivity contribution in [2.24, 2.45) is 0 Å². The Morgan fingerprint density at radius 1 is 1.11 bits per heavy atom. The first-order chi connectivity index (χ1) is 13.3. The summed E-state index contributed by atoms with van der Waals surface area (Å²) in [6.07, 6.45) is -1.12. The Morgan fingerprint density at radius 3 is 2.43 bits per heavy atom. The predicted octanol–water partition coefficient (Wildman–Crippen LogP) is 4.34. The van der Waals surface area contributed by atoms with Crippen LogP contribution in [0.1, 0.15) is 10.4 Å². The van der Waals surface area contributed by atoms with Crippen LogP contribution >= 0.6 is 34.8 Å². The topological polar surface area (TPSA) is 80.6 Å². The molecule has 1 unspecified atom stereocenters. The largest absolute Gasteiger partial charge is 0.497 e. The zero-order valence-electron chi connectivity index (χ0n) is 14.5. The van der Waals surface area contributed by atoms with Crippen LogP contribution in [-0.4, -0.2) is 23.0 Å². The molecule has 0 spiro atoms. The number of ether oxygens (including phenoxy) is 1. The molecule has 9 heteroatoms. The Kier molecular flexibility index (Phi) is 6.03. The van der Waals surface area contributed by atoms with Crippen molar-refractivity contribution in [1.82, 2.24) is 5.32 Å². The van der Waals surface area contributed by atoms with Crippen molar-refractivity contribution in [3.05, 3.63) is 70.6 Å². The number of benzene rings is 2. The van der Waals surface area contributed by atoms with Crippen molar-refractivity contribution in [2.75, 3.05) is 12.4 Å². The second-order valence-corrected chi connectivity index (χ2v) is 8.18. The minimum atomic E-state index is -1.90. The number of hydrogen-bond acceptors (Lipinski definition) is 5. The molecule has 146 valence electrons. The predicted molar refractivity (Wildman–Crippen MR) is 111 cm³/mol. The number of rotatable bonds is 5. The first-order valence-corrected chi connectivity index (χ1v) is 9.22. The van der Waals surface area contributed by atoms with Crippen LogP contribution in [0.4, 0.5) is 5.69 Å². The second kappa shape index (κ2) is 8.31. The molecule has 0 aliphatic heterocycles. The lowest BCUT2D eigenvalue weighted by molar-refractivity contribution is 0.0938. The van der Waals surface area contributed by atoms with Crippen LogP contribution in [-0.2, 0) is 0 Å². The molecule has 1 amide bonds. The molecule has 1 aromatic heterocycles. The number of amides is 1. The smallest absolute Gasteiger partial charge is 0.349 e. The summed E-state index contributed by atoms with van der Waals surface area (Å²) in [6, 6.07) is 15.1. The lowest BCUT2D eigenvalue weighted by Gasteiger charge is -2.27. The van der Waals surface area contributed by atoms with Gasteiger partial charge in [0.2, 0.25) is 3.79 Å². The molecule has 0 aliphatic rings. The Bertz CT molecular complexity index is 1050. The quantitative estimate of drug-likeness (QED) is 0.350. The number of nitrogens with one attached hydrogen (secondary N) is 2. The van der Waals surface area contributed by atoms with Gasteiger partial charge in [-0.25, -0.2) is 4.79 Å². The van der Waals surface area contributed by atoms with Gasteiger partial charge in [0.25, 0.3) is 5.91 Å². The van der Waals surface area contributed by atoms with Crippen LogP contribution < -0.4 is 21.0 Å². The maximum Gasteiger partial charge on any atom is 0.349 e. The van der Waals surface area contributed by atoms with E-state index in [4.69, 9.17) is 44.0 Å². The molecule has 0 saturated carbocycles. The summed E-state index contributed by atoms with van der Waals surface area (Å²) in [4.78, 5) is 24.8. The molecule has 1 atom stereocenters. The lowest BCUT2D eigenvalue weighted by Crippen LogP contribution is -2.49. The number of alkyl halides is 3. The third-order valence-electron chi connectivity index (χ3n) is 3.89. The first kappa shape index (κ1) is 20.3. The summed E-state index contributed by atoms with van der Waals surface area (Å²) in [7, 11) is 1.54. The third kappa shape index (κ3) is 4.70. The van der Waals surface area contributed by atoms with E-state index in [0.717, 1.165) is 0 Å². The van der Waals surface area contributed by atoms with Crippen LogP contribution in [0.15, 0.2) is 63.8 Å². The average molecular weight is 442 g/mol. The van der Waals surface area contributed by atoms with E-state index in [-0.39, 0.29) is 5.56 Å². The molecular formula is C19H15Cl3N2O4. The second-order valence-electron chi connectivity index (χ2n) is 5.81. The van der Waals surface area contributed by atoms with Gasteiger partial charge in [0.15, 0.2) is 0 Å². The number of carbonyl (C=O) groups excluding carboxylic acids is 1. The van der Waals surface area contributed by atoms with E-state index in [1.807, 2.05) is 0 Å². The van der Waals surface area contributed by atoms with Gasteiger partial charge < -0.3 is 19.8 Å². The summed E-state index contributed by atoms with van der Waals surface area (Å²) in [5.74, 6) is -0.0920. The first-order valence-electron chi connectivity index (χ1n) is 8.09. The number of anilines is 1. The molecule has 2 N–H and O–H groups in total. The van der Waals surface area contributed by atoms with Crippen molar-refractivity contribution >= 4 is 57.4 Å². The Morgan fingerprint density at radius 2 is 1.79 bits per heavy atom. The summed E-state index contributed by atoms with van der Waals surface area (Å²) in [6.45, 7) is 0. The maximum absolute atomic E-state index is 12.6. The van der Waals surface area contributed by atoms with E-state index < -0.39 is 21.5 Å². The van der Waals surface area contributed by atoms with E-state index in [1.165, 1.54) is 6.07 Å². The van der Waals surface area contributed by atoms with E-state index in [1.54, 1.807) is 55.6 Å². The average Bonchev–Trinajstić information content (AvgIpc) is 2.66. The number of halogens is 3. The number of hydrogen-bond donors (Lipinski definition) is 2. The number of methoxy groups -OCH3 is 1. The molecule has 2 aromatic carbocycles. The third-order valence-corrected chi connectivity index (χ3v) is 4.54. The molecular weight excluding hydrogens is 427 g/mol. The zero-order valence-corrected chi connectivity index (χ0v) is 16.8. The van der Waals surface area contributed by atoms with E-state index >= 15 is 0 Å². The Labute approximate surface area is 175 Å². The van der Waals surface area contributed by atoms with Crippen LogP contribution in [0.3, 0.4) is 0 Å². The van der Waals surface area contributed by atoms with Crippen LogP contribution in [0.2, 0.25) is 0 Å². The van der Waals surface area contributed by atoms with Crippen LogP contribution in [0, 0.1) is 0 Å². The van der Waals surface area contributed by atoms with Crippen molar-refractivity contribution in [1.29, 1.82) is 0 Å². The van der Waals surface area contributed by atoms with Crippen LogP contribution in [0.25, 0.3) is 11.0 Å². The summed E-state index contributed by atoms with van der Waals surface area (Å²) >= 11 is 18.0. The van der Waals surface area contributed by atoms with Gasteiger partial charge in [0.1, 0.15) is 23.1 Å². The molecule has 28 heavy (non-hydrogen) atoms. The summed E-state index contributed by atoms with van der Waals surface area (Å²) in [5.41, 5.74) is -0.0421. The standard InChI is InChI=1S/C19H15Cl3N2O4/c1-27-13-8-6-12(7-9-13)23-18(19(20,21)22)24-16(25)14-10-11-4-2-3-5-15(11)28-17(14)26/h2-10,18,23H,1H3,(H,24,25). The molecule has 0 aliphatic carbocycles. The molecule has 3 aromatic rings. The summed E-state index contributed by atoms with van der Waals surface area (Å²) in [5, 5.41) is 6.03. The van der Waals surface area contributed by atoms with Gasteiger partial charge >= 0.3 is 5.63 Å². The van der Waals surface area contributed by atoms with E-state index in [9.17, 15) is 9.59 Å². The van der Waals surface area contributed by atoms with E-state index in [0.29, 0.717) is 22.4 Å². The number of fused-ring (bicyclic) bond motifs is 1. The zero-order chi connectivity index (χ0) is 20.3. The van der Waals surface area contributed by atoms with Gasteiger partial charge in [0.05, 0.1) is 7.11 Å². The highest BCUT2D eigenvalue weighted by Crippen LogP contribution is 2.31. The van der Waals surface area contributed by atoms with Gasteiger partial charge in [-0.15, -0.1) is 0 Å². The Hall–Kier alpha value is -2.41. The SMILES string of the molecule is COc1ccc(NC(NC(=O)c2cc3ccccc3oc2=O)C(Cl)(Cl)Cl)cc1. The molecule has 0 fully saturated rings. The summed E-state index contributed by atoms with van der Waals surface area (Å²) < 4.78 is 8.37. The highest BCUT2D eigenvalue weighted by atomic mass is 35.6. The van der Waals surface area contributed by atoms with Gasteiger partial charge in [0, 0.05) is 11.1 Å². The van der Waals surface area contributed by atoms with Crippen molar-refractivity contribution in [3.8, 4) is 5.75 Å². The van der Waals surface area contributed by atoms with Crippen LogP contribution in [0.5, 0.6) is 5.75 Å². The fourth-order valence-electron chi connectivity index (χ4n) is 2.48. The normalized spacial score (nSPS) is 12.4. The highest BCUT2D eigenvalue weighted by Gasteiger charge is 2.35. The fourth-order valence-corrected chi connectivity index (χ4v) is 2.81. The van der Waals surface area contributed by atoms with Gasteiger partial charge in [-0.3, -0.25) is 4.79 Å². The molecule has 0 radical (unpaired) electrons. The fraction of sp³-hybridized carbons (Fsp3) is 0.158. The minimum Gasteiger partial charge on any atom is -0.497 e. The maximum atomic E-state index is 12.6. The molecule has 0 saturated heterocycles. The van der Waals surface area contributed by atoms with E-state index in [2.05, 4.69) is 10.6 Å². The monoisotopic (exact) mass is 440 g/mol. The molecule has 3 rings (SSSR count). The van der Waals surface area contributed by atoms with Crippen molar-refractivity contribution in [3.63, 3.8) is 0 Å². The molecule has 6 nitrogen and oxygen atoms in total. The van der Waals surface area contributed by atoms with Crippen molar-refractivity contribution in [2.45, 2.75) is 9.96 Å². The van der Waals surface area contributed by atoms with Gasteiger partial charge in [-0.1, -0.05) is 53.0 Å². The molecule has 0 bridgehead atoms.